The highest BCUT2D eigenvalue weighted by Crippen LogP contribution is 2.28. The lowest BCUT2D eigenvalue weighted by atomic mass is 10.1. The summed E-state index contributed by atoms with van der Waals surface area (Å²) in [6.07, 6.45) is 4.33. The van der Waals surface area contributed by atoms with Crippen LogP contribution >= 0.6 is 11.3 Å². The van der Waals surface area contributed by atoms with Crippen molar-refractivity contribution in [2.24, 2.45) is 0 Å². The van der Waals surface area contributed by atoms with Crippen molar-refractivity contribution >= 4 is 27.0 Å². The average Bonchev–Trinajstić information content (AvgIpc) is 3.09. The van der Waals surface area contributed by atoms with Gasteiger partial charge in [0.15, 0.2) is 0 Å². The van der Waals surface area contributed by atoms with Gasteiger partial charge in [-0.05, 0) is 30.7 Å². The molecule has 0 unspecified atom stereocenters. The van der Waals surface area contributed by atoms with Gasteiger partial charge in [0.05, 0.1) is 17.9 Å². The molecule has 4 rings (SSSR count). The summed E-state index contributed by atoms with van der Waals surface area (Å²) >= 11 is 1.22. The summed E-state index contributed by atoms with van der Waals surface area (Å²) in [7, 11) is -3.49. The molecule has 9 heteroatoms. The van der Waals surface area contributed by atoms with Gasteiger partial charge in [0, 0.05) is 32.2 Å². The van der Waals surface area contributed by atoms with Crippen LogP contribution in [0.2, 0.25) is 0 Å². The second kappa shape index (κ2) is 6.54. The molecule has 7 nitrogen and oxygen atoms in total. The molecule has 2 fully saturated rings. The highest BCUT2D eigenvalue weighted by molar-refractivity contribution is 7.91. The first-order valence-electron chi connectivity index (χ1n) is 8.43. The topological polar surface area (TPSA) is 75.5 Å². The minimum Gasteiger partial charge on any atom is -0.370 e. The molecule has 2 saturated heterocycles. The number of sulfonamides is 1. The van der Waals surface area contributed by atoms with Gasteiger partial charge in [-0.3, -0.25) is 4.79 Å². The van der Waals surface area contributed by atoms with Crippen molar-refractivity contribution in [2.75, 3.05) is 31.1 Å². The van der Waals surface area contributed by atoms with E-state index in [2.05, 4.69) is 10.00 Å². The van der Waals surface area contributed by atoms with Gasteiger partial charge in [0.25, 0.3) is 15.6 Å². The third-order valence-electron chi connectivity index (χ3n) is 4.83. The largest absolute Gasteiger partial charge is 0.370 e. The molecule has 0 radical (unpaired) electrons. The molecule has 0 spiro atoms. The zero-order valence-electron chi connectivity index (χ0n) is 13.7. The average molecular weight is 380 g/mol. The third-order valence-corrected chi connectivity index (χ3v) is 8.07. The Morgan fingerprint density at radius 2 is 2.04 bits per heavy atom. The van der Waals surface area contributed by atoms with Crippen LogP contribution in [0.3, 0.4) is 0 Å². The molecule has 2 aliphatic heterocycles. The van der Waals surface area contributed by atoms with Gasteiger partial charge >= 0.3 is 0 Å². The molecule has 0 aromatic carbocycles. The number of thiophene rings is 1. The highest BCUT2D eigenvalue weighted by Gasteiger charge is 2.32. The minimum atomic E-state index is -3.49. The molecule has 2 aromatic rings. The molecule has 2 aromatic heterocycles. The Balaban J connectivity index is 1.56. The third kappa shape index (κ3) is 3.11. The number of hydrogen-bond donors (Lipinski definition) is 0. The van der Waals surface area contributed by atoms with Crippen LogP contribution in [0.15, 0.2) is 38.8 Å². The van der Waals surface area contributed by atoms with Crippen LogP contribution in [0.25, 0.3) is 0 Å². The molecule has 0 N–H and O–H groups in total. The van der Waals surface area contributed by atoms with E-state index in [0.29, 0.717) is 10.8 Å². The Labute approximate surface area is 150 Å². The van der Waals surface area contributed by atoms with E-state index in [9.17, 15) is 13.2 Å². The summed E-state index contributed by atoms with van der Waals surface area (Å²) in [6.45, 7) is 2.69. The van der Waals surface area contributed by atoms with Gasteiger partial charge in [-0.1, -0.05) is 6.07 Å². The van der Waals surface area contributed by atoms with Gasteiger partial charge in [0.2, 0.25) is 0 Å². The predicted octanol–water partition coefficient (Wildman–Crippen LogP) is 1.54. The zero-order valence-corrected chi connectivity index (χ0v) is 15.4. The van der Waals surface area contributed by atoms with Crippen molar-refractivity contribution in [2.45, 2.75) is 29.5 Å². The van der Waals surface area contributed by atoms with Gasteiger partial charge in [-0.2, -0.15) is 9.40 Å². The molecule has 134 valence electrons. The van der Waals surface area contributed by atoms with Crippen LogP contribution in [0.5, 0.6) is 0 Å². The number of anilines is 1. The second-order valence-electron chi connectivity index (χ2n) is 6.43. The molecule has 0 bridgehead atoms. The lowest BCUT2D eigenvalue weighted by Crippen LogP contribution is -2.44. The molecule has 2 aliphatic rings. The zero-order chi connectivity index (χ0) is 17.4. The van der Waals surface area contributed by atoms with E-state index in [0.717, 1.165) is 38.0 Å². The smallest absolute Gasteiger partial charge is 0.269 e. The lowest BCUT2D eigenvalue weighted by Gasteiger charge is -2.34. The van der Waals surface area contributed by atoms with Crippen LogP contribution in [0, 0.1) is 0 Å². The van der Waals surface area contributed by atoms with Crippen molar-refractivity contribution in [3.63, 3.8) is 0 Å². The van der Waals surface area contributed by atoms with Crippen LogP contribution in [0.1, 0.15) is 25.3 Å². The summed E-state index contributed by atoms with van der Waals surface area (Å²) < 4.78 is 28.7. The minimum absolute atomic E-state index is 0.162. The van der Waals surface area contributed by atoms with Crippen LogP contribution in [-0.2, 0) is 10.0 Å². The molecule has 0 saturated carbocycles. The molecular formula is C16H20N4O3S2. The fraction of sp³-hybridized carbons (Fsp3) is 0.500. The van der Waals surface area contributed by atoms with Gasteiger partial charge in [0.1, 0.15) is 4.21 Å². The summed E-state index contributed by atoms with van der Waals surface area (Å²) in [5.41, 5.74) is 0.691. The molecular weight excluding hydrogens is 360 g/mol. The highest BCUT2D eigenvalue weighted by atomic mass is 32.2. The Morgan fingerprint density at radius 1 is 1.20 bits per heavy atom. The molecule has 0 aliphatic carbocycles. The maximum absolute atomic E-state index is 12.7. The number of aromatic nitrogens is 2. The van der Waals surface area contributed by atoms with E-state index < -0.39 is 10.0 Å². The SMILES string of the molecule is O=c1cc(N2CCC2)cnn1[C@H]1CCCN(S(=O)(=O)c2cccs2)C1. The summed E-state index contributed by atoms with van der Waals surface area (Å²) in [5, 5.41) is 6.09. The van der Waals surface area contributed by atoms with Crippen molar-refractivity contribution in [3.05, 3.63) is 40.1 Å². The fourth-order valence-corrected chi connectivity index (χ4v) is 5.97. The quantitative estimate of drug-likeness (QED) is 0.804. The molecule has 1 atom stereocenters. The summed E-state index contributed by atoms with van der Waals surface area (Å²) in [6, 6.07) is 4.75. The Kier molecular flexibility index (Phi) is 4.38. The van der Waals surface area contributed by atoms with Crippen molar-refractivity contribution < 1.29 is 8.42 Å². The maximum atomic E-state index is 12.7. The molecule has 0 amide bonds. The summed E-state index contributed by atoms with van der Waals surface area (Å²) in [5.74, 6) is 0. The van der Waals surface area contributed by atoms with Crippen LogP contribution in [-0.4, -0.2) is 48.7 Å². The first-order valence-corrected chi connectivity index (χ1v) is 10.8. The first kappa shape index (κ1) is 16.7. The Hall–Kier alpha value is -1.71. The van der Waals surface area contributed by atoms with E-state index in [1.807, 2.05) is 0 Å². The number of hydrogen-bond acceptors (Lipinski definition) is 6. The van der Waals surface area contributed by atoms with E-state index >= 15 is 0 Å². The van der Waals surface area contributed by atoms with E-state index in [1.165, 1.54) is 20.3 Å². The van der Waals surface area contributed by atoms with Gasteiger partial charge < -0.3 is 4.90 Å². The second-order valence-corrected chi connectivity index (χ2v) is 9.54. The number of nitrogens with zero attached hydrogens (tertiary/aromatic N) is 4. The van der Waals surface area contributed by atoms with E-state index in [1.54, 1.807) is 29.8 Å². The van der Waals surface area contributed by atoms with Gasteiger partial charge in [-0.25, -0.2) is 13.1 Å². The van der Waals surface area contributed by atoms with Crippen molar-refractivity contribution in [1.29, 1.82) is 0 Å². The number of piperidine rings is 1. The van der Waals surface area contributed by atoms with Gasteiger partial charge in [-0.15, -0.1) is 11.3 Å². The van der Waals surface area contributed by atoms with Crippen molar-refractivity contribution in [1.82, 2.24) is 14.1 Å². The normalized spacial score (nSPS) is 21.9. The van der Waals surface area contributed by atoms with E-state index in [-0.39, 0.29) is 18.1 Å². The molecule has 4 heterocycles. The van der Waals surface area contributed by atoms with Crippen molar-refractivity contribution in [3.8, 4) is 0 Å². The Bertz CT molecular complexity index is 904. The number of rotatable bonds is 4. The monoisotopic (exact) mass is 380 g/mol. The van der Waals surface area contributed by atoms with Crippen LogP contribution < -0.4 is 10.5 Å². The maximum Gasteiger partial charge on any atom is 0.269 e. The fourth-order valence-electron chi connectivity index (χ4n) is 3.31. The van der Waals surface area contributed by atoms with Crippen LogP contribution in [0.4, 0.5) is 5.69 Å². The Morgan fingerprint density at radius 3 is 2.68 bits per heavy atom. The van der Waals surface area contributed by atoms with E-state index in [4.69, 9.17) is 0 Å². The summed E-state index contributed by atoms with van der Waals surface area (Å²) in [4.78, 5) is 14.6. The first-order chi connectivity index (χ1) is 12.1. The molecule has 25 heavy (non-hydrogen) atoms. The lowest BCUT2D eigenvalue weighted by molar-refractivity contribution is 0.248. The standard InChI is InChI=1S/C16H20N4O3S2/c21-15-10-14(18-6-3-7-18)11-17-20(15)13-4-1-8-19(12-13)25(22,23)16-5-2-9-24-16/h2,5,9-11,13H,1,3-4,6-8,12H2/t13-/m0/s1. The predicted molar refractivity (Wildman–Crippen MR) is 96.7 cm³/mol.